The van der Waals surface area contributed by atoms with Crippen molar-refractivity contribution in [2.75, 3.05) is 26.3 Å². The average Bonchev–Trinajstić information content (AvgIpc) is 2.55. The van der Waals surface area contributed by atoms with Gasteiger partial charge in [0.15, 0.2) is 0 Å². The molecule has 1 atom stereocenters. The van der Waals surface area contributed by atoms with Crippen molar-refractivity contribution < 1.29 is 9.53 Å². The Hall–Kier alpha value is -1.10. The second kappa shape index (κ2) is 6.57. The second-order valence-corrected chi connectivity index (χ2v) is 6.79. The summed E-state index contributed by atoms with van der Waals surface area (Å²) >= 11 is 6.01. The van der Waals surface area contributed by atoms with Crippen molar-refractivity contribution in [3.05, 3.63) is 34.9 Å². The van der Waals surface area contributed by atoms with Gasteiger partial charge in [-0.2, -0.15) is 0 Å². The number of benzene rings is 1. The largest absolute Gasteiger partial charge is 0.381 e. The number of rotatable bonds is 2. The van der Waals surface area contributed by atoms with Crippen molar-refractivity contribution in [3.8, 4) is 0 Å². The van der Waals surface area contributed by atoms with Crippen LogP contribution in [-0.2, 0) is 14.9 Å². The zero-order valence-corrected chi connectivity index (χ0v) is 13.5. The van der Waals surface area contributed by atoms with Crippen LogP contribution in [0.4, 0.5) is 0 Å². The minimum absolute atomic E-state index is 0.0970. The van der Waals surface area contributed by atoms with E-state index in [4.69, 9.17) is 22.1 Å². The fourth-order valence-corrected chi connectivity index (χ4v) is 3.74. The van der Waals surface area contributed by atoms with Crippen molar-refractivity contribution in [2.45, 2.75) is 37.1 Å². The molecule has 1 aromatic rings. The quantitative estimate of drug-likeness (QED) is 0.909. The van der Waals surface area contributed by atoms with E-state index in [-0.39, 0.29) is 11.9 Å². The van der Waals surface area contributed by atoms with Gasteiger partial charge in [0.1, 0.15) is 0 Å². The molecule has 120 valence electrons. The summed E-state index contributed by atoms with van der Waals surface area (Å²) in [5.74, 6) is 0.202. The number of hydrogen-bond acceptors (Lipinski definition) is 3. The summed E-state index contributed by atoms with van der Waals surface area (Å²) in [4.78, 5) is 15.2. The first kappa shape index (κ1) is 15.8. The minimum Gasteiger partial charge on any atom is -0.381 e. The topological polar surface area (TPSA) is 55.6 Å². The summed E-state index contributed by atoms with van der Waals surface area (Å²) in [5.41, 5.74) is 6.62. The van der Waals surface area contributed by atoms with E-state index in [0.717, 1.165) is 37.8 Å². The third-order valence-corrected chi connectivity index (χ3v) is 5.15. The van der Waals surface area contributed by atoms with Crippen LogP contribution in [0, 0.1) is 0 Å². The van der Waals surface area contributed by atoms with Crippen molar-refractivity contribution in [1.82, 2.24) is 4.90 Å². The molecular formula is C17H23ClN2O2. The molecule has 2 fully saturated rings. The maximum Gasteiger partial charge on any atom is 0.233 e. The lowest BCUT2D eigenvalue weighted by atomic mass is 9.72. The highest BCUT2D eigenvalue weighted by atomic mass is 35.5. The summed E-state index contributed by atoms with van der Waals surface area (Å²) in [7, 11) is 0. The van der Waals surface area contributed by atoms with Gasteiger partial charge < -0.3 is 15.4 Å². The van der Waals surface area contributed by atoms with E-state index in [9.17, 15) is 4.79 Å². The van der Waals surface area contributed by atoms with E-state index in [1.54, 1.807) is 0 Å². The standard InChI is InChI=1S/C17H23ClN2O2/c18-14-5-3-13(4-6-14)17(7-10-22-11-8-17)16(21)20-9-1-2-15(19)12-20/h3-6,15H,1-2,7-12,19H2/t15-/m1/s1. The first-order valence-electron chi connectivity index (χ1n) is 8.00. The van der Waals surface area contributed by atoms with Gasteiger partial charge in [0.25, 0.3) is 0 Å². The van der Waals surface area contributed by atoms with Crippen molar-refractivity contribution in [1.29, 1.82) is 0 Å². The van der Waals surface area contributed by atoms with Crippen LogP contribution in [0.5, 0.6) is 0 Å². The van der Waals surface area contributed by atoms with Gasteiger partial charge in [-0.1, -0.05) is 23.7 Å². The Balaban J connectivity index is 1.91. The number of carbonyl (C=O) groups excluding carboxylic acids is 1. The number of piperidine rings is 1. The lowest BCUT2D eigenvalue weighted by Crippen LogP contribution is -2.54. The van der Waals surface area contributed by atoms with Gasteiger partial charge in [0, 0.05) is 37.4 Å². The summed E-state index contributed by atoms with van der Waals surface area (Å²) in [6, 6.07) is 7.79. The Labute approximate surface area is 136 Å². The summed E-state index contributed by atoms with van der Waals surface area (Å²) in [6.07, 6.45) is 3.43. The molecule has 0 aromatic heterocycles. The molecule has 0 aliphatic carbocycles. The molecule has 3 rings (SSSR count). The predicted octanol–water partition coefficient (Wildman–Crippen LogP) is 2.34. The number of likely N-dealkylation sites (tertiary alicyclic amines) is 1. The van der Waals surface area contributed by atoms with Crippen molar-refractivity contribution in [3.63, 3.8) is 0 Å². The van der Waals surface area contributed by atoms with Gasteiger partial charge in [-0.25, -0.2) is 0 Å². The van der Waals surface area contributed by atoms with Gasteiger partial charge >= 0.3 is 0 Å². The average molecular weight is 323 g/mol. The normalized spacial score (nSPS) is 25.0. The van der Waals surface area contributed by atoms with Crippen LogP contribution in [0.1, 0.15) is 31.2 Å². The number of nitrogens with zero attached hydrogens (tertiary/aromatic N) is 1. The van der Waals surface area contributed by atoms with E-state index in [1.165, 1.54) is 0 Å². The van der Waals surface area contributed by atoms with E-state index in [2.05, 4.69) is 0 Å². The minimum atomic E-state index is -0.486. The third-order valence-electron chi connectivity index (χ3n) is 4.90. The molecule has 2 heterocycles. The molecule has 0 spiro atoms. The summed E-state index contributed by atoms with van der Waals surface area (Å²) < 4.78 is 5.51. The van der Waals surface area contributed by atoms with E-state index >= 15 is 0 Å². The van der Waals surface area contributed by atoms with Crippen LogP contribution in [0.15, 0.2) is 24.3 Å². The molecule has 2 N–H and O–H groups in total. The molecule has 22 heavy (non-hydrogen) atoms. The van der Waals surface area contributed by atoms with Gasteiger partial charge in [-0.15, -0.1) is 0 Å². The van der Waals surface area contributed by atoms with Gasteiger partial charge in [-0.05, 0) is 43.4 Å². The lowest BCUT2D eigenvalue weighted by molar-refractivity contribution is -0.142. The molecule has 2 aliphatic rings. The Kier molecular flexibility index (Phi) is 4.71. The zero-order valence-electron chi connectivity index (χ0n) is 12.8. The van der Waals surface area contributed by atoms with E-state index in [1.807, 2.05) is 29.2 Å². The fourth-order valence-electron chi connectivity index (χ4n) is 3.61. The lowest BCUT2D eigenvalue weighted by Gasteiger charge is -2.42. The SMILES string of the molecule is N[C@@H]1CCCN(C(=O)C2(c3ccc(Cl)cc3)CCOCC2)C1. The van der Waals surface area contributed by atoms with Crippen LogP contribution in [0.3, 0.4) is 0 Å². The molecule has 0 bridgehead atoms. The maximum atomic E-state index is 13.3. The summed E-state index contributed by atoms with van der Waals surface area (Å²) in [6.45, 7) is 2.71. The van der Waals surface area contributed by atoms with Crippen LogP contribution >= 0.6 is 11.6 Å². The molecule has 4 nitrogen and oxygen atoms in total. The molecule has 0 unspecified atom stereocenters. The van der Waals surface area contributed by atoms with Crippen molar-refractivity contribution in [2.24, 2.45) is 5.73 Å². The second-order valence-electron chi connectivity index (χ2n) is 6.35. The zero-order chi connectivity index (χ0) is 15.6. The molecule has 1 amide bonds. The fraction of sp³-hybridized carbons (Fsp3) is 0.588. The van der Waals surface area contributed by atoms with Crippen LogP contribution in [0.2, 0.25) is 5.02 Å². The molecule has 1 aromatic carbocycles. The predicted molar refractivity (Wildman–Crippen MR) is 87.0 cm³/mol. The van der Waals surface area contributed by atoms with Crippen LogP contribution < -0.4 is 5.73 Å². The van der Waals surface area contributed by atoms with Gasteiger partial charge in [0.2, 0.25) is 5.91 Å². The smallest absolute Gasteiger partial charge is 0.233 e. The highest BCUT2D eigenvalue weighted by Crippen LogP contribution is 2.37. The number of carbonyl (C=O) groups is 1. The molecule has 5 heteroatoms. The molecule has 0 saturated carbocycles. The Morgan fingerprint density at radius 2 is 1.95 bits per heavy atom. The number of nitrogens with two attached hydrogens (primary N) is 1. The van der Waals surface area contributed by atoms with E-state index < -0.39 is 5.41 Å². The Morgan fingerprint density at radius 3 is 2.59 bits per heavy atom. The first-order valence-corrected chi connectivity index (χ1v) is 8.38. The van der Waals surface area contributed by atoms with E-state index in [0.29, 0.717) is 24.8 Å². The number of ether oxygens (including phenoxy) is 1. The van der Waals surface area contributed by atoms with Gasteiger partial charge in [0.05, 0.1) is 5.41 Å². The van der Waals surface area contributed by atoms with Crippen LogP contribution in [0.25, 0.3) is 0 Å². The highest BCUT2D eigenvalue weighted by molar-refractivity contribution is 6.30. The third kappa shape index (κ3) is 3.00. The maximum absolute atomic E-state index is 13.3. The number of amides is 1. The monoisotopic (exact) mass is 322 g/mol. The Bertz CT molecular complexity index is 526. The molecule has 2 saturated heterocycles. The first-order chi connectivity index (χ1) is 10.6. The number of hydrogen-bond donors (Lipinski definition) is 1. The number of halogens is 1. The highest BCUT2D eigenvalue weighted by Gasteiger charge is 2.44. The van der Waals surface area contributed by atoms with Crippen LogP contribution in [-0.4, -0.2) is 43.2 Å². The molecule has 0 radical (unpaired) electrons. The summed E-state index contributed by atoms with van der Waals surface area (Å²) in [5, 5.41) is 0.693. The molecular weight excluding hydrogens is 300 g/mol. The van der Waals surface area contributed by atoms with Crippen molar-refractivity contribution >= 4 is 17.5 Å². The molecule has 2 aliphatic heterocycles. The Morgan fingerprint density at radius 1 is 1.27 bits per heavy atom. The van der Waals surface area contributed by atoms with Gasteiger partial charge in [-0.3, -0.25) is 4.79 Å².